The maximum Gasteiger partial charge on any atom is 0.225 e. The van der Waals surface area contributed by atoms with Crippen LogP contribution in [0.15, 0.2) is 36.9 Å². The van der Waals surface area contributed by atoms with Crippen LogP contribution in [0.1, 0.15) is 36.8 Å². The number of hydrogen-bond donors (Lipinski definition) is 2. The second-order valence-electron chi connectivity index (χ2n) is 8.25. The molecule has 1 amide bonds. The van der Waals surface area contributed by atoms with Crippen molar-refractivity contribution < 1.29 is 4.79 Å². The third kappa shape index (κ3) is 4.81. The molecular formula is C22H29N7O. The summed E-state index contributed by atoms with van der Waals surface area (Å²) in [6.07, 6.45) is 10.5. The molecule has 0 aromatic carbocycles. The van der Waals surface area contributed by atoms with Gasteiger partial charge < -0.3 is 16.0 Å². The number of rotatable bonds is 5. The average molecular weight is 408 g/mol. The molecule has 158 valence electrons. The number of nitrogens with zero attached hydrogens (tertiary/aromatic N) is 5. The highest BCUT2D eigenvalue weighted by Gasteiger charge is 2.32. The van der Waals surface area contributed by atoms with Crippen molar-refractivity contribution in [3.8, 4) is 0 Å². The fourth-order valence-corrected chi connectivity index (χ4v) is 4.46. The molecule has 2 fully saturated rings. The van der Waals surface area contributed by atoms with Gasteiger partial charge >= 0.3 is 0 Å². The van der Waals surface area contributed by atoms with E-state index >= 15 is 0 Å². The first-order chi connectivity index (χ1) is 14.6. The Morgan fingerprint density at radius 3 is 2.23 bits per heavy atom. The van der Waals surface area contributed by atoms with E-state index < -0.39 is 0 Å². The first-order valence-corrected chi connectivity index (χ1v) is 10.7. The summed E-state index contributed by atoms with van der Waals surface area (Å²) in [6.45, 7) is 4.11. The standard InChI is InChI=1S/C22H29N7O/c23-20(17-1-7-25-8-2-17)18-5-11-29(12-6-18)21(30)19-3-9-28(10-4-19)15-16-13-26-22(24)27-14-16/h1-2,7-8,13-14,18-19,23H,3-6,9-12,15H2,(H2,24,26,27). The Morgan fingerprint density at radius 2 is 1.60 bits per heavy atom. The summed E-state index contributed by atoms with van der Waals surface area (Å²) in [5, 5.41) is 8.47. The van der Waals surface area contributed by atoms with Crippen LogP contribution in [0.4, 0.5) is 5.95 Å². The van der Waals surface area contributed by atoms with Crippen molar-refractivity contribution in [2.45, 2.75) is 32.2 Å². The predicted octanol–water partition coefficient (Wildman–Crippen LogP) is 1.97. The highest BCUT2D eigenvalue weighted by Crippen LogP contribution is 2.26. The maximum atomic E-state index is 13.0. The molecule has 8 heteroatoms. The molecule has 0 saturated carbocycles. The third-order valence-electron chi connectivity index (χ3n) is 6.27. The van der Waals surface area contributed by atoms with Crippen LogP contribution >= 0.6 is 0 Å². The van der Waals surface area contributed by atoms with Crippen molar-refractivity contribution in [1.82, 2.24) is 24.8 Å². The fourth-order valence-electron chi connectivity index (χ4n) is 4.46. The van der Waals surface area contributed by atoms with Gasteiger partial charge in [-0.3, -0.25) is 14.7 Å². The van der Waals surface area contributed by atoms with E-state index in [0.29, 0.717) is 17.6 Å². The Labute approximate surface area is 177 Å². The van der Waals surface area contributed by atoms with Gasteiger partial charge in [0.05, 0.1) is 0 Å². The van der Waals surface area contributed by atoms with E-state index in [2.05, 4.69) is 19.9 Å². The summed E-state index contributed by atoms with van der Waals surface area (Å²) in [5.41, 5.74) is 8.20. The molecule has 3 N–H and O–H groups in total. The van der Waals surface area contributed by atoms with Crippen LogP contribution in [0.2, 0.25) is 0 Å². The van der Waals surface area contributed by atoms with Crippen molar-refractivity contribution in [3.63, 3.8) is 0 Å². The second-order valence-corrected chi connectivity index (χ2v) is 8.25. The van der Waals surface area contributed by atoms with Gasteiger partial charge in [-0.2, -0.15) is 0 Å². The van der Waals surface area contributed by atoms with E-state index in [1.165, 1.54) is 0 Å². The normalized spacial score (nSPS) is 19.0. The highest BCUT2D eigenvalue weighted by molar-refractivity contribution is 5.99. The van der Waals surface area contributed by atoms with E-state index in [1.54, 1.807) is 24.8 Å². The van der Waals surface area contributed by atoms with Gasteiger partial charge in [0.1, 0.15) is 0 Å². The summed E-state index contributed by atoms with van der Waals surface area (Å²) in [5.74, 6) is 0.919. The summed E-state index contributed by atoms with van der Waals surface area (Å²) >= 11 is 0. The minimum Gasteiger partial charge on any atom is -0.368 e. The smallest absolute Gasteiger partial charge is 0.225 e. The average Bonchev–Trinajstić information content (AvgIpc) is 2.81. The quantitative estimate of drug-likeness (QED) is 0.733. The van der Waals surface area contributed by atoms with Crippen LogP contribution in [-0.4, -0.2) is 62.5 Å². The van der Waals surface area contributed by atoms with Crippen molar-refractivity contribution in [2.75, 3.05) is 31.9 Å². The number of piperidine rings is 2. The van der Waals surface area contributed by atoms with Gasteiger partial charge in [-0.15, -0.1) is 0 Å². The van der Waals surface area contributed by atoms with Gasteiger partial charge in [0.2, 0.25) is 11.9 Å². The van der Waals surface area contributed by atoms with Crippen LogP contribution in [0.3, 0.4) is 0 Å². The number of pyridine rings is 1. The van der Waals surface area contributed by atoms with Crippen molar-refractivity contribution >= 4 is 17.6 Å². The Morgan fingerprint density at radius 1 is 1.00 bits per heavy atom. The molecule has 0 atom stereocenters. The number of nitrogens with one attached hydrogen (secondary N) is 1. The number of nitrogens with two attached hydrogens (primary N) is 1. The monoisotopic (exact) mass is 407 g/mol. The number of carbonyl (C=O) groups is 1. The zero-order valence-electron chi connectivity index (χ0n) is 17.2. The molecule has 2 aromatic rings. The molecule has 0 spiro atoms. The lowest BCUT2D eigenvalue weighted by Crippen LogP contribution is -2.46. The van der Waals surface area contributed by atoms with E-state index in [1.807, 2.05) is 17.0 Å². The maximum absolute atomic E-state index is 13.0. The fraction of sp³-hybridized carbons (Fsp3) is 0.500. The largest absolute Gasteiger partial charge is 0.368 e. The molecule has 2 aromatic heterocycles. The zero-order valence-corrected chi connectivity index (χ0v) is 17.2. The minimum atomic E-state index is 0.111. The molecule has 0 radical (unpaired) electrons. The summed E-state index contributed by atoms with van der Waals surface area (Å²) < 4.78 is 0. The molecule has 0 unspecified atom stereocenters. The SMILES string of the molecule is N=C(c1ccncc1)C1CCN(C(=O)C2CCN(Cc3cnc(N)nc3)CC2)CC1. The first-order valence-electron chi connectivity index (χ1n) is 10.7. The molecule has 2 saturated heterocycles. The lowest BCUT2D eigenvalue weighted by Gasteiger charge is -2.37. The first kappa shape index (κ1) is 20.4. The van der Waals surface area contributed by atoms with Crippen molar-refractivity contribution in [2.24, 2.45) is 11.8 Å². The lowest BCUT2D eigenvalue weighted by molar-refractivity contribution is -0.138. The topological polar surface area (TPSA) is 112 Å². The highest BCUT2D eigenvalue weighted by atomic mass is 16.2. The van der Waals surface area contributed by atoms with E-state index in [9.17, 15) is 4.79 Å². The van der Waals surface area contributed by atoms with E-state index in [-0.39, 0.29) is 11.8 Å². The predicted molar refractivity (Wildman–Crippen MR) is 115 cm³/mol. The summed E-state index contributed by atoms with van der Waals surface area (Å²) in [7, 11) is 0. The molecule has 0 bridgehead atoms. The number of aromatic nitrogens is 3. The van der Waals surface area contributed by atoms with Gasteiger partial charge in [-0.05, 0) is 56.5 Å². The number of carbonyl (C=O) groups excluding carboxylic acids is 1. The molecule has 0 aliphatic carbocycles. The summed E-state index contributed by atoms with van der Waals surface area (Å²) in [4.78, 5) is 29.5. The number of likely N-dealkylation sites (tertiary alicyclic amines) is 2. The van der Waals surface area contributed by atoms with Crippen LogP contribution in [0.25, 0.3) is 0 Å². The van der Waals surface area contributed by atoms with E-state index in [0.717, 1.165) is 69.5 Å². The molecule has 4 rings (SSSR count). The van der Waals surface area contributed by atoms with Gasteiger partial charge in [-0.1, -0.05) is 0 Å². The van der Waals surface area contributed by atoms with Crippen LogP contribution < -0.4 is 5.73 Å². The number of hydrogen-bond acceptors (Lipinski definition) is 7. The molecule has 4 heterocycles. The Bertz CT molecular complexity index is 855. The van der Waals surface area contributed by atoms with Gasteiger partial charge in [0.25, 0.3) is 0 Å². The Hall–Kier alpha value is -2.87. The van der Waals surface area contributed by atoms with Crippen LogP contribution in [-0.2, 0) is 11.3 Å². The molecule has 2 aliphatic heterocycles. The second kappa shape index (κ2) is 9.30. The Balaban J connectivity index is 1.23. The number of nitrogen functional groups attached to an aromatic ring is 1. The number of amides is 1. The molecule has 30 heavy (non-hydrogen) atoms. The van der Waals surface area contributed by atoms with Crippen LogP contribution in [0.5, 0.6) is 0 Å². The zero-order chi connectivity index (χ0) is 20.9. The van der Waals surface area contributed by atoms with E-state index in [4.69, 9.17) is 11.1 Å². The molecular weight excluding hydrogens is 378 g/mol. The van der Waals surface area contributed by atoms with Crippen LogP contribution in [0, 0.1) is 17.2 Å². The van der Waals surface area contributed by atoms with Gasteiger partial charge in [0.15, 0.2) is 0 Å². The molecule has 8 nitrogen and oxygen atoms in total. The van der Waals surface area contributed by atoms with Crippen molar-refractivity contribution in [3.05, 3.63) is 48.0 Å². The van der Waals surface area contributed by atoms with Gasteiger partial charge in [0, 0.05) is 67.5 Å². The minimum absolute atomic E-state index is 0.111. The molecule has 2 aliphatic rings. The number of anilines is 1. The van der Waals surface area contributed by atoms with Crippen molar-refractivity contribution in [1.29, 1.82) is 5.41 Å². The third-order valence-corrected chi connectivity index (χ3v) is 6.27. The summed E-state index contributed by atoms with van der Waals surface area (Å²) in [6, 6.07) is 3.79. The van der Waals surface area contributed by atoms with Gasteiger partial charge in [-0.25, -0.2) is 9.97 Å². The Kier molecular flexibility index (Phi) is 6.32. The lowest BCUT2D eigenvalue weighted by atomic mass is 9.87.